The van der Waals surface area contributed by atoms with Gasteiger partial charge in [-0.05, 0) is 25.3 Å². The average Bonchev–Trinajstić information content (AvgIpc) is 2.43. The van der Waals surface area contributed by atoms with Crippen molar-refractivity contribution in [3.05, 3.63) is 29.8 Å². The van der Waals surface area contributed by atoms with Gasteiger partial charge < -0.3 is 15.4 Å². The summed E-state index contributed by atoms with van der Waals surface area (Å²) in [6.07, 6.45) is 2.09. The van der Waals surface area contributed by atoms with E-state index in [1.165, 1.54) is 5.56 Å². The Morgan fingerprint density at radius 1 is 1.20 bits per heavy atom. The molecule has 0 bridgehead atoms. The van der Waals surface area contributed by atoms with E-state index < -0.39 is 0 Å². The van der Waals surface area contributed by atoms with Crippen molar-refractivity contribution >= 4 is 41.7 Å². The van der Waals surface area contributed by atoms with Gasteiger partial charge >= 0.3 is 0 Å². The number of thioether (sulfide) groups is 1. The Labute approximate surface area is 143 Å². The number of nitrogens with one attached hydrogen (secondary N) is 2. The Morgan fingerprint density at radius 3 is 2.45 bits per heavy atom. The monoisotopic (exact) mass is 409 g/mol. The largest absolute Gasteiger partial charge is 0.492 e. The molecule has 0 aromatic heterocycles. The summed E-state index contributed by atoms with van der Waals surface area (Å²) in [6, 6.07) is 8.07. The summed E-state index contributed by atoms with van der Waals surface area (Å²) in [7, 11) is 1.77. The Morgan fingerprint density at radius 2 is 1.85 bits per heavy atom. The molecule has 0 unspecified atom stereocenters. The lowest BCUT2D eigenvalue weighted by Crippen LogP contribution is -2.40. The predicted octanol–water partition coefficient (Wildman–Crippen LogP) is 2.52. The summed E-state index contributed by atoms with van der Waals surface area (Å²) in [5.74, 6) is 2.79. The third kappa shape index (κ3) is 8.52. The lowest BCUT2D eigenvalue weighted by molar-refractivity contribution is 0.322. The zero-order chi connectivity index (χ0) is 13.9. The van der Waals surface area contributed by atoms with Crippen molar-refractivity contribution in [2.45, 2.75) is 6.92 Å². The first-order chi connectivity index (χ1) is 9.26. The number of guanidine groups is 1. The summed E-state index contributed by atoms with van der Waals surface area (Å²) in [4.78, 5) is 4.15. The second-order valence-electron chi connectivity index (χ2n) is 4.08. The third-order valence-corrected chi connectivity index (χ3v) is 3.12. The highest BCUT2D eigenvalue weighted by molar-refractivity contribution is 14.0. The third-order valence-electron chi connectivity index (χ3n) is 2.51. The highest BCUT2D eigenvalue weighted by Crippen LogP contribution is 2.10. The van der Waals surface area contributed by atoms with Crippen molar-refractivity contribution in [1.82, 2.24) is 10.6 Å². The number of aliphatic imine (C=N–C) groups is 1. The van der Waals surface area contributed by atoms with Gasteiger partial charge in [-0.15, -0.1) is 24.0 Å². The number of aryl methyl sites for hydroxylation is 1. The van der Waals surface area contributed by atoms with Crippen LogP contribution in [0.1, 0.15) is 5.56 Å². The van der Waals surface area contributed by atoms with E-state index >= 15 is 0 Å². The van der Waals surface area contributed by atoms with Crippen LogP contribution in [0.15, 0.2) is 29.3 Å². The van der Waals surface area contributed by atoms with Crippen LogP contribution in [-0.2, 0) is 0 Å². The number of benzene rings is 1. The summed E-state index contributed by atoms with van der Waals surface area (Å²) in [6.45, 7) is 4.33. The van der Waals surface area contributed by atoms with E-state index in [4.69, 9.17) is 4.74 Å². The minimum Gasteiger partial charge on any atom is -0.492 e. The van der Waals surface area contributed by atoms with E-state index in [-0.39, 0.29) is 24.0 Å². The number of hydrogen-bond acceptors (Lipinski definition) is 3. The SMILES string of the molecule is CN=C(NCCOc1ccc(C)cc1)NCCSC.I. The quantitative estimate of drug-likeness (QED) is 0.315. The van der Waals surface area contributed by atoms with Crippen LogP contribution in [0.25, 0.3) is 0 Å². The molecule has 0 heterocycles. The van der Waals surface area contributed by atoms with Gasteiger partial charge in [0.2, 0.25) is 0 Å². The van der Waals surface area contributed by atoms with Gasteiger partial charge in [-0.3, -0.25) is 4.99 Å². The number of halogens is 1. The highest BCUT2D eigenvalue weighted by Gasteiger charge is 1.97. The smallest absolute Gasteiger partial charge is 0.191 e. The maximum Gasteiger partial charge on any atom is 0.191 e. The minimum atomic E-state index is 0. The molecular weight excluding hydrogens is 385 g/mol. The van der Waals surface area contributed by atoms with E-state index in [1.807, 2.05) is 36.0 Å². The standard InChI is InChI=1S/C14H23N3OS.HI/c1-12-4-6-13(7-5-12)18-10-8-16-14(15-2)17-9-11-19-3;/h4-7H,8-11H2,1-3H3,(H2,15,16,17);1H. The molecular formula is C14H24IN3OS. The predicted molar refractivity (Wildman–Crippen MR) is 99.8 cm³/mol. The van der Waals surface area contributed by atoms with E-state index in [1.54, 1.807) is 7.05 Å². The van der Waals surface area contributed by atoms with Gasteiger partial charge in [-0.1, -0.05) is 17.7 Å². The summed E-state index contributed by atoms with van der Waals surface area (Å²) in [5.41, 5.74) is 1.24. The Bertz CT molecular complexity index is 385. The van der Waals surface area contributed by atoms with E-state index in [9.17, 15) is 0 Å². The van der Waals surface area contributed by atoms with Gasteiger partial charge in [0.15, 0.2) is 5.96 Å². The Balaban J connectivity index is 0.00000361. The molecule has 6 heteroatoms. The second kappa shape index (κ2) is 12.1. The molecule has 2 N–H and O–H groups in total. The Hall–Kier alpha value is -0.630. The van der Waals surface area contributed by atoms with Crippen molar-refractivity contribution in [2.75, 3.05) is 38.8 Å². The van der Waals surface area contributed by atoms with Crippen LogP contribution in [0.2, 0.25) is 0 Å². The van der Waals surface area contributed by atoms with Crippen LogP contribution in [0.5, 0.6) is 5.75 Å². The van der Waals surface area contributed by atoms with Crippen LogP contribution in [0, 0.1) is 6.92 Å². The van der Waals surface area contributed by atoms with Crippen LogP contribution in [-0.4, -0.2) is 44.7 Å². The van der Waals surface area contributed by atoms with Gasteiger partial charge in [-0.2, -0.15) is 11.8 Å². The molecule has 0 amide bonds. The molecule has 0 aliphatic rings. The first-order valence-corrected chi connectivity index (χ1v) is 7.78. The van der Waals surface area contributed by atoms with Gasteiger partial charge in [0.25, 0.3) is 0 Å². The molecule has 1 aromatic carbocycles. The first kappa shape index (κ1) is 19.4. The molecule has 1 aromatic rings. The highest BCUT2D eigenvalue weighted by atomic mass is 127. The normalized spacial score (nSPS) is 10.7. The molecule has 0 aliphatic heterocycles. The lowest BCUT2D eigenvalue weighted by Gasteiger charge is -2.12. The van der Waals surface area contributed by atoms with Crippen LogP contribution in [0.4, 0.5) is 0 Å². The topological polar surface area (TPSA) is 45.7 Å². The Kier molecular flexibility index (Phi) is 11.8. The van der Waals surface area contributed by atoms with E-state index in [0.717, 1.165) is 30.6 Å². The van der Waals surface area contributed by atoms with Crippen LogP contribution in [0.3, 0.4) is 0 Å². The minimum absolute atomic E-state index is 0. The van der Waals surface area contributed by atoms with Gasteiger partial charge in [-0.25, -0.2) is 0 Å². The molecule has 20 heavy (non-hydrogen) atoms. The molecule has 0 spiro atoms. The molecule has 0 fully saturated rings. The van der Waals surface area contributed by atoms with Crippen LogP contribution < -0.4 is 15.4 Å². The zero-order valence-electron chi connectivity index (χ0n) is 12.3. The molecule has 0 radical (unpaired) electrons. The summed E-state index contributed by atoms with van der Waals surface area (Å²) < 4.78 is 5.63. The van der Waals surface area contributed by atoms with E-state index in [0.29, 0.717) is 6.61 Å². The fourth-order valence-corrected chi connectivity index (χ4v) is 1.77. The first-order valence-electron chi connectivity index (χ1n) is 6.39. The number of rotatable bonds is 7. The molecule has 114 valence electrons. The number of nitrogens with zero attached hydrogens (tertiary/aromatic N) is 1. The van der Waals surface area contributed by atoms with Gasteiger partial charge in [0, 0.05) is 19.3 Å². The maximum absolute atomic E-state index is 5.63. The fraction of sp³-hybridized carbons (Fsp3) is 0.500. The van der Waals surface area contributed by atoms with Gasteiger partial charge in [0.05, 0.1) is 6.54 Å². The van der Waals surface area contributed by atoms with Crippen LogP contribution >= 0.6 is 35.7 Å². The zero-order valence-corrected chi connectivity index (χ0v) is 15.5. The molecule has 1 rings (SSSR count). The molecule has 0 saturated heterocycles. The van der Waals surface area contributed by atoms with E-state index in [2.05, 4.69) is 28.8 Å². The van der Waals surface area contributed by atoms with Crippen molar-refractivity contribution in [1.29, 1.82) is 0 Å². The number of ether oxygens (including phenoxy) is 1. The second-order valence-corrected chi connectivity index (χ2v) is 5.07. The fourth-order valence-electron chi connectivity index (χ4n) is 1.46. The van der Waals surface area contributed by atoms with Crippen molar-refractivity contribution in [2.24, 2.45) is 4.99 Å². The van der Waals surface area contributed by atoms with Crippen molar-refractivity contribution in [3.8, 4) is 5.75 Å². The number of hydrogen-bond donors (Lipinski definition) is 2. The van der Waals surface area contributed by atoms with Gasteiger partial charge in [0.1, 0.15) is 12.4 Å². The van der Waals surface area contributed by atoms with Crippen molar-refractivity contribution < 1.29 is 4.74 Å². The lowest BCUT2D eigenvalue weighted by atomic mass is 10.2. The van der Waals surface area contributed by atoms with Crippen molar-refractivity contribution in [3.63, 3.8) is 0 Å². The molecule has 0 atom stereocenters. The molecule has 0 aliphatic carbocycles. The summed E-state index contributed by atoms with van der Waals surface area (Å²) >= 11 is 1.81. The molecule has 0 saturated carbocycles. The maximum atomic E-state index is 5.63. The average molecular weight is 409 g/mol. The molecule has 4 nitrogen and oxygen atoms in total. The summed E-state index contributed by atoms with van der Waals surface area (Å²) in [5, 5.41) is 6.45.